The first kappa shape index (κ1) is 23.2. The van der Waals surface area contributed by atoms with E-state index in [-0.39, 0.29) is 5.41 Å². The molecule has 8 rings (SSSR count). The highest BCUT2D eigenvalue weighted by molar-refractivity contribution is 6.10. The van der Waals surface area contributed by atoms with Crippen LogP contribution in [-0.4, -0.2) is 9.55 Å². The summed E-state index contributed by atoms with van der Waals surface area (Å²) < 4.78 is 2.45. The van der Waals surface area contributed by atoms with Crippen LogP contribution in [0.2, 0.25) is 0 Å². The molecule has 0 saturated heterocycles. The second-order valence-corrected chi connectivity index (χ2v) is 11.7. The third-order valence-corrected chi connectivity index (χ3v) is 9.07. The van der Waals surface area contributed by atoms with Crippen molar-refractivity contribution < 1.29 is 0 Å². The molecule has 2 aliphatic carbocycles. The molecule has 4 aromatic carbocycles. The molecular formula is C38H30N2. The summed E-state index contributed by atoms with van der Waals surface area (Å²) in [5, 5.41) is 2.60. The van der Waals surface area contributed by atoms with Crippen LogP contribution in [-0.2, 0) is 5.41 Å². The zero-order chi connectivity index (χ0) is 26.8. The molecule has 40 heavy (non-hydrogen) atoms. The first-order chi connectivity index (χ1) is 19.6. The van der Waals surface area contributed by atoms with Gasteiger partial charge in [0, 0.05) is 27.8 Å². The summed E-state index contributed by atoms with van der Waals surface area (Å²) in [7, 11) is 0. The van der Waals surface area contributed by atoms with Crippen molar-refractivity contribution in [3.63, 3.8) is 0 Å². The molecule has 0 N–H and O–H groups in total. The van der Waals surface area contributed by atoms with Crippen LogP contribution in [0.5, 0.6) is 0 Å². The lowest BCUT2D eigenvalue weighted by molar-refractivity contribution is 0.394. The molecule has 2 atom stereocenters. The molecule has 2 nitrogen and oxygen atoms in total. The summed E-state index contributed by atoms with van der Waals surface area (Å²) in [6, 6.07) is 39.3. The fourth-order valence-electron chi connectivity index (χ4n) is 7.08. The maximum absolute atomic E-state index is 5.15. The Balaban J connectivity index is 1.44. The minimum absolute atomic E-state index is 0.0549. The number of nitrogens with zero attached hydrogens (tertiary/aromatic N) is 2. The van der Waals surface area contributed by atoms with Gasteiger partial charge in [0.1, 0.15) is 0 Å². The van der Waals surface area contributed by atoms with Gasteiger partial charge in [-0.1, -0.05) is 117 Å². The Morgan fingerprint density at radius 2 is 1.25 bits per heavy atom. The van der Waals surface area contributed by atoms with Gasteiger partial charge in [-0.2, -0.15) is 0 Å². The van der Waals surface area contributed by atoms with Crippen LogP contribution < -0.4 is 0 Å². The molecule has 0 radical (unpaired) electrons. The number of benzene rings is 4. The number of hydrogen-bond acceptors (Lipinski definition) is 1. The highest BCUT2D eigenvalue weighted by Crippen LogP contribution is 2.54. The standard InChI is InChI=1S/C38H30N2/c1-38(2)32-19-11-9-17-28(32)30-23-31-29-18-10-12-20-36(29)40(37(31)24-33(30)38)27-21-34(25-13-5-3-6-14-25)39-35(22-27)26-15-7-4-8-16-26/h3-24,28,32H,1-2H3. The number of rotatable bonds is 3. The number of aromatic nitrogens is 2. The van der Waals surface area contributed by atoms with E-state index in [1.807, 2.05) is 0 Å². The average Bonchev–Trinajstić information content (AvgIpc) is 3.45. The van der Waals surface area contributed by atoms with Crippen LogP contribution >= 0.6 is 0 Å². The van der Waals surface area contributed by atoms with Gasteiger partial charge in [-0.15, -0.1) is 0 Å². The van der Waals surface area contributed by atoms with Crippen molar-refractivity contribution in [1.29, 1.82) is 0 Å². The van der Waals surface area contributed by atoms with E-state index in [1.54, 1.807) is 0 Å². The lowest BCUT2D eigenvalue weighted by atomic mass is 9.74. The van der Waals surface area contributed by atoms with Crippen LogP contribution in [0.25, 0.3) is 50.0 Å². The Labute approximate surface area is 234 Å². The minimum Gasteiger partial charge on any atom is -0.309 e. The van der Waals surface area contributed by atoms with Crippen LogP contribution in [0.1, 0.15) is 30.9 Å². The van der Waals surface area contributed by atoms with Gasteiger partial charge >= 0.3 is 0 Å². The van der Waals surface area contributed by atoms with Crippen molar-refractivity contribution in [2.24, 2.45) is 5.92 Å². The van der Waals surface area contributed by atoms with Gasteiger partial charge in [-0.3, -0.25) is 0 Å². The van der Waals surface area contributed by atoms with Crippen LogP contribution in [0.3, 0.4) is 0 Å². The van der Waals surface area contributed by atoms with E-state index in [0.29, 0.717) is 11.8 Å². The van der Waals surface area contributed by atoms with E-state index >= 15 is 0 Å². The Morgan fingerprint density at radius 3 is 1.95 bits per heavy atom. The van der Waals surface area contributed by atoms with Crippen molar-refractivity contribution in [2.75, 3.05) is 0 Å². The molecule has 2 heterocycles. The molecule has 2 aliphatic rings. The largest absolute Gasteiger partial charge is 0.309 e. The third-order valence-electron chi connectivity index (χ3n) is 9.07. The lowest BCUT2D eigenvalue weighted by Gasteiger charge is -2.29. The monoisotopic (exact) mass is 514 g/mol. The Hall–Kier alpha value is -4.69. The van der Waals surface area contributed by atoms with Crippen molar-refractivity contribution in [3.05, 3.63) is 145 Å². The van der Waals surface area contributed by atoms with Gasteiger partial charge in [-0.05, 0) is 52.8 Å². The molecular weight excluding hydrogens is 484 g/mol. The van der Waals surface area contributed by atoms with Gasteiger partial charge in [0.25, 0.3) is 0 Å². The molecule has 0 spiro atoms. The molecule has 2 aromatic heterocycles. The predicted octanol–water partition coefficient (Wildman–Crippen LogP) is 9.63. The first-order valence-corrected chi connectivity index (χ1v) is 14.2. The van der Waals surface area contributed by atoms with Gasteiger partial charge in [0.15, 0.2) is 0 Å². The molecule has 0 aliphatic heterocycles. The van der Waals surface area contributed by atoms with Crippen LogP contribution in [0.4, 0.5) is 0 Å². The van der Waals surface area contributed by atoms with Crippen LogP contribution in [0.15, 0.2) is 133 Å². The maximum atomic E-state index is 5.15. The van der Waals surface area contributed by atoms with Gasteiger partial charge in [0.2, 0.25) is 0 Å². The van der Waals surface area contributed by atoms with Crippen LogP contribution in [0, 0.1) is 5.92 Å². The predicted molar refractivity (Wildman–Crippen MR) is 167 cm³/mol. The molecule has 2 heteroatoms. The molecule has 0 bridgehead atoms. The molecule has 0 amide bonds. The van der Waals surface area contributed by atoms with Gasteiger partial charge in [-0.25, -0.2) is 4.98 Å². The first-order valence-electron chi connectivity index (χ1n) is 14.2. The summed E-state index contributed by atoms with van der Waals surface area (Å²) >= 11 is 0. The summed E-state index contributed by atoms with van der Waals surface area (Å²) in [5.74, 6) is 0.908. The fourth-order valence-corrected chi connectivity index (χ4v) is 7.08. The van der Waals surface area contributed by atoms with Crippen molar-refractivity contribution >= 4 is 21.8 Å². The summed E-state index contributed by atoms with van der Waals surface area (Å²) in [5.41, 5.74) is 10.8. The number of allylic oxidation sites excluding steroid dienone is 4. The van der Waals surface area contributed by atoms with Crippen molar-refractivity contribution in [1.82, 2.24) is 9.55 Å². The Bertz CT molecular complexity index is 1920. The normalized spacial score (nSPS) is 18.8. The van der Waals surface area contributed by atoms with E-state index in [1.165, 1.54) is 32.9 Å². The maximum Gasteiger partial charge on any atom is 0.0730 e. The second kappa shape index (κ2) is 8.66. The lowest BCUT2D eigenvalue weighted by Crippen LogP contribution is -2.24. The van der Waals surface area contributed by atoms with E-state index < -0.39 is 0 Å². The second-order valence-electron chi connectivity index (χ2n) is 11.7. The number of hydrogen-bond donors (Lipinski definition) is 0. The molecule has 2 unspecified atom stereocenters. The highest BCUT2D eigenvalue weighted by Gasteiger charge is 2.44. The average molecular weight is 515 g/mol. The van der Waals surface area contributed by atoms with E-state index in [9.17, 15) is 0 Å². The smallest absolute Gasteiger partial charge is 0.0730 e. The molecule has 0 saturated carbocycles. The van der Waals surface area contributed by atoms with E-state index in [0.717, 1.165) is 28.2 Å². The van der Waals surface area contributed by atoms with Gasteiger partial charge < -0.3 is 4.57 Å². The topological polar surface area (TPSA) is 17.8 Å². The molecule has 6 aromatic rings. The van der Waals surface area contributed by atoms with Gasteiger partial charge in [0.05, 0.1) is 28.1 Å². The molecule has 0 fully saturated rings. The minimum atomic E-state index is 0.0549. The van der Waals surface area contributed by atoms with E-state index in [2.05, 4.69) is 152 Å². The third kappa shape index (κ3) is 3.39. The summed E-state index contributed by atoms with van der Waals surface area (Å²) in [6.45, 7) is 4.82. The SMILES string of the molecule is CC1(C)c2cc3c(cc2C2C=CC=CC21)c1ccccc1n3-c1cc(-c2ccccc2)nc(-c2ccccc2)c1. The molecule has 192 valence electrons. The van der Waals surface area contributed by atoms with Crippen molar-refractivity contribution in [3.8, 4) is 28.2 Å². The Kier molecular flexibility index (Phi) is 5.03. The number of para-hydroxylation sites is 1. The number of fused-ring (bicyclic) bond motifs is 6. The summed E-state index contributed by atoms with van der Waals surface area (Å²) in [4.78, 5) is 5.15. The zero-order valence-corrected chi connectivity index (χ0v) is 22.8. The van der Waals surface area contributed by atoms with Crippen molar-refractivity contribution in [2.45, 2.75) is 25.2 Å². The summed E-state index contributed by atoms with van der Waals surface area (Å²) in [6.07, 6.45) is 9.23. The Morgan fingerprint density at radius 1 is 0.625 bits per heavy atom. The quantitative estimate of drug-likeness (QED) is 0.230. The number of pyridine rings is 1. The fraction of sp³-hybridized carbons (Fsp3) is 0.132. The zero-order valence-electron chi connectivity index (χ0n) is 22.8. The van der Waals surface area contributed by atoms with E-state index in [4.69, 9.17) is 4.98 Å². The highest BCUT2D eigenvalue weighted by atomic mass is 15.0.